The Morgan fingerprint density at radius 3 is 2.62 bits per heavy atom. The van der Waals surface area contributed by atoms with Crippen LogP contribution in [0.3, 0.4) is 0 Å². The lowest BCUT2D eigenvalue weighted by atomic mass is 10.1. The molecule has 1 fully saturated rings. The van der Waals surface area contributed by atoms with Crippen molar-refractivity contribution in [3.05, 3.63) is 30.1 Å². The second-order valence-electron chi connectivity index (χ2n) is 3.58. The van der Waals surface area contributed by atoms with Crippen LogP contribution in [-0.4, -0.2) is 24.2 Å². The van der Waals surface area contributed by atoms with Gasteiger partial charge >= 0.3 is 0 Å². The number of pyridine rings is 1. The number of hydrogen-bond donors (Lipinski definition) is 1. The summed E-state index contributed by atoms with van der Waals surface area (Å²) in [4.78, 5) is 4.22. The van der Waals surface area contributed by atoms with Crippen LogP contribution in [0.1, 0.15) is 18.5 Å². The van der Waals surface area contributed by atoms with Gasteiger partial charge in [-0.2, -0.15) is 0 Å². The summed E-state index contributed by atoms with van der Waals surface area (Å²) in [5.41, 5.74) is 1.02. The van der Waals surface area contributed by atoms with E-state index in [0.29, 0.717) is 12.7 Å². The fourth-order valence-electron chi connectivity index (χ4n) is 1.65. The van der Waals surface area contributed by atoms with Crippen molar-refractivity contribution in [3.63, 3.8) is 0 Å². The number of ether oxygens (including phenoxy) is 1. The molecule has 2 rings (SSSR count). The fraction of sp³-hybridized carbons (Fsp3) is 0.545. The van der Waals surface area contributed by atoms with Gasteiger partial charge in [-0.25, -0.2) is 0 Å². The highest BCUT2D eigenvalue weighted by molar-refractivity contribution is 5.85. The molecule has 0 saturated carbocycles. The second kappa shape index (κ2) is 8.76. The smallest absolute Gasteiger partial charge is 0.0891 e. The average Bonchev–Trinajstić information content (AvgIpc) is 2.29. The van der Waals surface area contributed by atoms with Crippen molar-refractivity contribution < 1.29 is 4.74 Å². The lowest BCUT2D eigenvalue weighted by Crippen LogP contribution is -2.32. The summed E-state index contributed by atoms with van der Waals surface area (Å²) in [6, 6.07) is 5.92. The van der Waals surface area contributed by atoms with Gasteiger partial charge in [-0.3, -0.25) is 4.98 Å². The number of halogens is 2. The normalized spacial score (nSPS) is 16.0. The molecule has 0 aromatic carbocycles. The van der Waals surface area contributed by atoms with Gasteiger partial charge < -0.3 is 10.1 Å². The molecule has 0 bridgehead atoms. The van der Waals surface area contributed by atoms with Crippen molar-refractivity contribution in [1.29, 1.82) is 0 Å². The minimum absolute atomic E-state index is 0. The van der Waals surface area contributed by atoms with Crippen LogP contribution in [0.4, 0.5) is 0 Å². The maximum atomic E-state index is 5.77. The first-order chi connectivity index (χ1) is 6.95. The molecule has 5 heteroatoms. The molecule has 3 nitrogen and oxygen atoms in total. The summed E-state index contributed by atoms with van der Waals surface area (Å²) in [7, 11) is 0. The zero-order valence-corrected chi connectivity index (χ0v) is 10.7. The summed E-state index contributed by atoms with van der Waals surface area (Å²) >= 11 is 0. The standard InChI is InChI=1S/C11H16N2O.2ClH/c1-2-6-13-10(3-1)9-14-11-4-7-12-8-5-11;;/h1-3,6,11-12H,4-5,7-9H2;2*1H. The zero-order valence-electron chi connectivity index (χ0n) is 9.09. The van der Waals surface area contributed by atoms with E-state index < -0.39 is 0 Å². The highest BCUT2D eigenvalue weighted by Crippen LogP contribution is 2.09. The number of hydrogen-bond acceptors (Lipinski definition) is 3. The summed E-state index contributed by atoms with van der Waals surface area (Å²) in [6.45, 7) is 2.80. The predicted molar refractivity (Wildman–Crippen MR) is 69.4 cm³/mol. The van der Waals surface area contributed by atoms with Crippen LogP contribution in [0.5, 0.6) is 0 Å². The number of nitrogens with zero attached hydrogens (tertiary/aromatic N) is 1. The highest BCUT2D eigenvalue weighted by atomic mass is 35.5. The number of piperidine rings is 1. The number of rotatable bonds is 3. The predicted octanol–water partition coefficient (Wildman–Crippen LogP) is 2.19. The van der Waals surface area contributed by atoms with Crippen molar-refractivity contribution in [2.24, 2.45) is 0 Å². The Balaban J connectivity index is 0.00000112. The lowest BCUT2D eigenvalue weighted by molar-refractivity contribution is 0.0196. The molecule has 1 aromatic rings. The SMILES string of the molecule is Cl.Cl.c1ccc(COC2CCNCC2)nc1. The van der Waals surface area contributed by atoms with Crippen molar-refractivity contribution in [2.75, 3.05) is 13.1 Å². The van der Waals surface area contributed by atoms with E-state index in [1.54, 1.807) is 6.20 Å². The van der Waals surface area contributed by atoms with Gasteiger partial charge in [0, 0.05) is 6.20 Å². The van der Waals surface area contributed by atoms with Gasteiger partial charge in [0.15, 0.2) is 0 Å². The molecule has 0 radical (unpaired) electrons. The maximum Gasteiger partial charge on any atom is 0.0891 e. The molecule has 0 amide bonds. The van der Waals surface area contributed by atoms with Crippen LogP contribution in [0.25, 0.3) is 0 Å². The van der Waals surface area contributed by atoms with Gasteiger partial charge in [0.2, 0.25) is 0 Å². The zero-order chi connectivity index (χ0) is 9.64. The minimum atomic E-state index is 0. The Morgan fingerprint density at radius 2 is 2.00 bits per heavy atom. The Morgan fingerprint density at radius 1 is 1.25 bits per heavy atom. The van der Waals surface area contributed by atoms with Crippen LogP contribution in [0, 0.1) is 0 Å². The summed E-state index contributed by atoms with van der Waals surface area (Å²) in [5.74, 6) is 0. The first-order valence-electron chi connectivity index (χ1n) is 5.17. The molecular formula is C11H18Cl2N2O. The van der Waals surface area contributed by atoms with Crippen molar-refractivity contribution >= 4 is 24.8 Å². The summed E-state index contributed by atoms with van der Waals surface area (Å²) < 4.78 is 5.77. The van der Waals surface area contributed by atoms with Crippen LogP contribution in [-0.2, 0) is 11.3 Å². The molecule has 0 atom stereocenters. The van der Waals surface area contributed by atoms with E-state index in [1.807, 2.05) is 18.2 Å². The molecule has 1 aliphatic heterocycles. The molecule has 0 unspecified atom stereocenters. The van der Waals surface area contributed by atoms with Crippen LogP contribution in [0.15, 0.2) is 24.4 Å². The molecule has 1 N–H and O–H groups in total. The quantitative estimate of drug-likeness (QED) is 0.909. The largest absolute Gasteiger partial charge is 0.372 e. The van der Waals surface area contributed by atoms with Gasteiger partial charge in [0.25, 0.3) is 0 Å². The molecule has 1 aliphatic rings. The highest BCUT2D eigenvalue weighted by Gasteiger charge is 2.12. The van der Waals surface area contributed by atoms with Crippen LogP contribution in [0.2, 0.25) is 0 Å². The first-order valence-corrected chi connectivity index (χ1v) is 5.17. The van der Waals surface area contributed by atoms with Crippen LogP contribution >= 0.6 is 24.8 Å². The van der Waals surface area contributed by atoms with E-state index in [9.17, 15) is 0 Å². The Bertz CT molecular complexity index is 266. The second-order valence-corrected chi connectivity index (χ2v) is 3.58. The fourth-order valence-corrected chi connectivity index (χ4v) is 1.65. The average molecular weight is 265 g/mol. The van der Waals surface area contributed by atoms with Gasteiger partial charge in [0.1, 0.15) is 0 Å². The molecule has 0 aliphatic carbocycles. The Labute approximate surface area is 109 Å². The Hall–Kier alpha value is -0.350. The first kappa shape index (κ1) is 15.7. The summed E-state index contributed by atoms with van der Waals surface area (Å²) in [5, 5.41) is 3.32. The molecule has 1 aromatic heterocycles. The van der Waals surface area contributed by atoms with E-state index in [-0.39, 0.29) is 24.8 Å². The van der Waals surface area contributed by atoms with Gasteiger partial charge in [-0.15, -0.1) is 24.8 Å². The summed E-state index contributed by atoms with van der Waals surface area (Å²) in [6.07, 6.45) is 4.46. The monoisotopic (exact) mass is 264 g/mol. The van der Waals surface area contributed by atoms with E-state index in [4.69, 9.17) is 4.74 Å². The molecule has 92 valence electrons. The third-order valence-electron chi connectivity index (χ3n) is 2.48. The lowest BCUT2D eigenvalue weighted by Gasteiger charge is -2.22. The van der Waals surface area contributed by atoms with Gasteiger partial charge in [-0.1, -0.05) is 6.07 Å². The van der Waals surface area contributed by atoms with Crippen molar-refractivity contribution in [3.8, 4) is 0 Å². The Kier molecular flexibility index (Phi) is 8.57. The third kappa shape index (κ3) is 5.12. The van der Waals surface area contributed by atoms with E-state index in [0.717, 1.165) is 31.6 Å². The van der Waals surface area contributed by atoms with Crippen LogP contribution < -0.4 is 5.32 Å². The van der Waals surface area contributed by atoms with Gasteiger partial charge in [0.05, 0.1) is 18.4 Å². The minimum Gasteiger partial charge on any atom is -0.372 e. The molecular weight excluding hydrogens is 247 g/mol. The van der Waals surface area contributed by atoms with Crippen molar-refractivity contribution in [1.82, 2.24) is 10.3 Å². The molecule has 2 heterocycles. The topological polar surface area (TPSA) is 34.1 Å². The third-order valence-corrected chi connectivity index (χ3v) is 2.48. The van der Waals surface area contributed by atoms with Gasteiger partial charge in [-0.05, 0) is 38.1 Å². The molecule has 0 spiro atoms. The maximum absolute atomic E-state index is 5.77. The molecule has 1 saturated heterocycles. The number of nitrogens with one attached hydrogen (secondary N) is 1. The number of aromatic nitrogens is 1. The van der Waals surface area contributed by atoms with Crippen molar-refractivity contribution in [2.45, 2.75) is 25.6 Å². The van der Waals surface area contributed by atoms with E-state index in [1.165, 1.54) is 0 Å². The molecule has 16 heavy (non-hydrogen) atoms. The van der Waals surface area contributed by atoms with E-state index >= 15 is 0 Å². The van der Waals surface area contributed by atoms with E-state index in [2.05, 4.69) is 10.3 Å².